The third-order valence-electron chi connectivity index (χ3n) is 3.11. The van der Waals surface area contributed by atoms with Crippen molar-refractivity contribution < 1.29 is 4.42 Å². The molecule has 0 bridgehead atoms. The van der Waals surface area contributed by atoms with Gasteiger partial charge in [-0.3, -0.25) is 0 Å². The molecule has 3 unspecified atom stereocenters. The summed E-state index contributed by atoms with van der Waals surface area (Å²) >= 11 is 0. The van der Waals surface area contributed by atoms with Crippen molar-refractivity contribution in [2.24, 2.45) is 5.92 Å². The quantitative estimate of drug-likeness (QED) is 0.747. The van der Waals surface area contributed by atoms with Crippen molar-refractivity contribution in [3.05, 3.63) is 36.3 Å². The molecule has 1 aliphatic carbocycles. The maximum absolute atomic E-state index is 5.78. The predicted octanol–water partition coefficient (Wildman–Crippen LogP) is 3.07. The Balaban J connectivity index is 1.87. The first-order valence-corrected chi connectivity index (χ1v) is 5.65. The van der Waals surface area contributed by atoms with Crippen LogP contribution in [-0.2, 0) is 6.54 Å². The van der Waals surface area contributed by atoms with E-state index in [0.717, 1.165) is 24.0 Å². The van der Waals surface area contributed by atoms with Crippen molar-refractivity contribution in [1.82, 2.24) is 5.32 Å². The highest BCUT2D eigenvalue weighted by molar-refractivity contribution is 5.17. The van der Waals surface area contributed by atoms with Gasteiger partial charge in [0.15, 0.2) is 0 Å². The van der Waals surface area contributed by atoms with E-state index in [2.05, 4.69) is 37.9 Å². The third-order valence-corrected chi connectivity index (χ3v) is 3.11. The van der Waals surface area contributed by atoms with E-state index in [4.69, 9.17) is 4.42 Å². The Morgan fingerprint density at radius 1 is 1.67 bits per heavy atom. The van der Waals surface area contributed by atoms with E-state index in [9.17, 15) is 0 Å². The fourth-order valence-corrected chi connectivity index (χ4v) is 1.75. The maximum Gasteiger partial charge on any atom is 0.117 e. The van der Waals surface area contributed by atoms with E-state index in [1.807, 2.05) is 6.08 Å². The molecule has 0 radical (unpaired) electrons. The molecule has 1 aromatic rings. The minimum Gasteiger partial charge on any atom is -0.464 e. The molecular weight excluding hydrogens is 186 g/mol. The second-order valence-electron chi connectivity index (χ2n) is 4.53. The minimum absolute atomic E-state index is 0.332. The van der Waals surface area contributed by atoms with Crippen LogP contribution < -0.4 is 5.32 Å². The van der Waals surface area contributed by atoms with Gasteiger partial charge in [0.05, 0.1) is 6.54 Å². The van der Waals surface area contributed by atoms with Gasteiger partial charge in [-0.1, -0.05) is 13.0 Å². The zero-order valence-electron chi connectivity index (χ0n) is 9.49. The van der Waals surface area contributed by atoms with Gasteiger partial charge in [-0.05, 0) is 31.4 Å². The van der Waals surface area contributed by atoms with Crippen LogP contribution in [0.2, 0.25) is 0 Å². The summed E-state index contributed by atoms with van der Waals surface area (Å²) in [6.45, 7) is 8.87. The number of furan rings is 1. The lowest BCUT2D eigenvalue weighted by Crippen LogP contribution is -2.22. The first-order chi connectivity index (χ1) is 7.20. The van der Waals surface area contributed by atoms with Crippen molar-refractivity contribution in [1.29, 1.82) is 0 Å². The van der Waals surface area contributed by atoms with E-state index >= 15 is 0 Å². The molecule has 0 spiro atoms. The van der Waals surface area contributed by atoms with Crippen LogP contribution in [0.4, 0.5) is 0 Å². The monoisotopic (exact) mass is 205 g/mol. The van der Waals surface area contributed by atoms with Gasteiger partial charge in [0, 0.05) is 12.0 Å². The molecule has 0 amide bonds. The lowest BCUT2D eigenvalue weighted by Gasteiger charge is -2.06. The van der Waals surface area contributed by atoms with Crippen LogP contribution in [0, 0.1) is 5.92 Å². The van der Waals surface area contributed by atoms with Crippen molar-refractivity contribution >= 4 is 0 Å². The maximum atomic E-state index is 5.78. The summed E-state index contributed by atoms with van der Waals surface area (Å²) in [5.74, 6) is 3.67. The molecule has 1 heterocycles. The second kappa shape index (κ2) is 4.23. The lowest BCUT2D eigenvalue weighted by atomic mass is 10.3. The molecule has 2 nitrogen and oxygen atoms in total. The standard InChI is InChI=1S/C13H19NO/c1-4-10(3)14-8-11-5-6-13(15-11)12-7-9(12)2/h4-6,9-10,12,14H,1,7-8H2,2-3H3. The molecule has 0 aliphatic heterocycles. The Morgan fingerprint density at radius 2 is 2.40 bits per heavy atom. The molecule has 1 saturated carbocycles. The molecular formula is C13H19NO. The molecule has 1 N–H and O–H groups in total. The number of rotatable bonds is 5. The minimum atomic E-state index is 0.332. The summed E-state index contributed by atoms with van der Waals surface area (Å²) in [6, 6.07) is 4.52. The Labute approximate surface area is 91.4 Å². The number of hydrogen-bond acceptors (Lipinski definition) is 2. The average Bonchev–Trinajstić information content (AvgIpc) is 2.80. The van der Waals surface area contributed by atoms with Gasteiger partial charge >= 0.3 is 0 Å². The Hall–Kier alpha value is -1.02. The SMILES string of the molecule is C=CC(C)NCc1ccc(C2CC2C)o1. The van der Waals surface area contributed by atoms with E-state index in [1.165, 1.54) is 6.42 Å². The Bertz CT molecular complexity index is 342. The molecule has 1 aliphatic rings. The van der Waals surface area contributed by atoms with Crippen LogP contribution in [0.5, 0.6) is 0 Å². The molecule has 15 heavy (non-hydrogen) atoms. The summed E-state index contributed by atoms with van der Waals surface area (Å²) in [5.41, 5.74) is 0. The molecule has 0 saturated heterocycles. The van der Waals surface area contributed by atoms with Gasteiger partial charge in [-0.2, -0.15) is 0 Å². The highest BCUT2D eigenvalue weighted by Gasteiger charge is 2.36. The molecule has 2 rings (SSSR count). The van der Waals surface area contributed by atoms with Crippen molar-refractivity contribution in [2.75, 3.05) is 0 Å². The van der Waals surface area contributed by atoms with Crippen LogP contribution in [0.3, 0.4) is 0 Å². The zero-order valence-corrected chi connectivity index (χ0v) is 9.49. The van der Waals surface area contributed by atoms with Crippen LogP contribution in [0.1, 0.15) is 37.7 Å². The largest absolute Gasteiger partial charge is 0.464 e. The van der Waals surface area contributed by atoms with Gasteiger partial charge in [0.25, 0.3) is 0 Å². The van der Waals surface area contributed by atoms with E-state index in [1.54, 1.807) is 0 Å². The molecule has 2 heteroatoms. The molecule has 1 fully saturated rings. The first kappa shape index (κ1) is 10.5. The van der Waals surface area contributed by atoms with E-state index in [0.29, 0.717) is 12.0 Å². The smallest absolute Gasteiger partial charge is 0.117 e. The summed E-state index contributed by atoms with van der Waals surface area (Å²) in [5, 5.41) is 3.32. The van der Waals surface area contributed by atoms with Gasteiger partial charge in [-0.25, -0.2) is 0 Å². The number of hydrogen-bond donors (Lipinski definition) is 1. The lowest BCUT2D eigenvalue weighted by molar-refractivity contribution is 0.439. The fraction of sp³-hybridized carbons (Fsp3) is 0.538. The molecule has 82 valence electrons. The Morgan fingerprint density at radius 3 is 3.00 bits per heavy atom. The zero-order chi connectivity index (χ0) is 10.8. The summed E-state index contributed by atoms with van der Waals surface area (Å²) in [4.78, 5) is 0. The molecule has 1 aromatic heterocycles. The van der Waals surface area contributed by atoms with E-state index < -0.39 is 0 Å². The van der Waals surface area contributed by atoms with Crippen molar-refractivity contribution in [3.63, 3.8) is 0 Å². The highest BCUT2D eigenvalue weighted by Crippen LogP contribution is 2.47. The summed E-state index contributed by atoms with van der Waals surface area (Å²) < 4.78 is 5.78. The topological polar surface area (TPSA) is 25.2 Å². The van der Waals surface area contributed by atoms with Gasteiger partial charge < -0.3 is 9.73 Å². The van der Waals surface area contributed by atoms with Crippen LogP contribution in [0.25, 0.3) is 0 Å². The highest BCUT2D eigenvalue weighted by atomic mass is 16.3. The van der Waals surface area contributed by atoms with Crippen LogP contribution in [-0.4, -0.2) is 6.04 Å². The van der Waals surface area contributed by atoms with Gasteiger partial charge in [0.1, 0.15) is 11.5 Å². The molecule has 0 aromatic carbocycles. The summed E-state index contributed by atoms with van der Waals surface area (Å²) in [6.07, 6.45) is 3.18. The van der Waals surface area contributed by atoms with Gasteiger partial charge in [-0.15, -0.1) is 6.58 Å². The fourth-order valence-electron chi connectivity index (χ4n) is 1.75. The molecule has 3 atom stereocenters. The van der Waals surface area contributed by atoms with E-state index in [-0.39, 0.29) is 0 Å². The Kier molecular flexibility index (Phi) is 2.96. The number of nitrogens with one attached hydrogen (secondary N) is 1. The van der Waals surface area contributed by atoms with Crippen molar-refractivity contribution in [2.45, 2.75) is 38.8 Å². The first-order valence-electron chi connectivity index (χ1n) is 5.65. The van der Waals surface area contributed by atoms with Gasteiger partial charge in [0.2, 0.25) is 0 Å². The van der Waals surface area contributed by atoms with Crippen LogP contribution >= 0.6 is 0 Å². The third kappa shape index (κ3) is 2.51. The average molecular weight is 205 g/mol. The van der Waals surface area contributed by atoms with Crippen molar-refractivity contribution in [3.8, 4) is 0 Å². The normalized spacial score (nSPS) is 26.3. The summed E-state index contributed by atoms with van der Waals surface area (Å²) in [7, 11) is 0. The van der Waals surface area contributed by atoms with Crippen LogP contribution in [0.15, 0.2) is 29.2 Å². The predicted molar refractivity (Wildman–Crippen MR) is 61.7 cm³/mol. The second-order valence-corrected chi connectivity index (χ2v) is 4.53.